The number of carbonyl (C=O) groups is 1. The molecule has 10 heavy (non-hydrogen) atoms. The van der Waals surface area contributed by atoms with Crippen molar-refractivity contribution >= 4 is 37.8 Å². The Bertz CT molecular complexity index is 150. The smallest absolute Gasteiger partial charge is 0.389 e. The van der Waals surface area contributed by atoms with Gasteiger partial charge in [-0.05, 0) is 0 Å². The van der Waals surface area contributed by atoms with E-state index in [-0.39, 0.29) is 4.48 Å². The van der Waals surface area contributed by atoms with Crippen molar-refractivity contribution in [1.82, 2.24) is 0 Å². The predicted octanol–water partition coefficient (Wildman–Crippen LogP) is 1.22. The Labute approximate surface area is 76.9 Å². The minimum absolute atomic E-state index is 0.266. The molecule has 0 rings (SSSR count). The molecule has 3 nitrogen and oxygen atoms in total. The number of alkyl halides is 2. The summed E-state index contributed by atoms with van der Waals surface area (Å²) in [5.74, 6) is -0.931. The Balaban J connectivity index is 4.57. The number of nitrogens with zero attached hydrogens (tertiary/aromatic N) is 1. The van der Waals surface area contributed by atoms with E-state index >= 15 is 0 Å². The average Bonchev–Trinajstić information content (AvgIpc) is 1.62. The molecule has 0 heterocycles. The normalized spacial score (nSPS) is 13.3. The van der Waals surface area contributed by atoms with E-state index in [1.165, 1.54) is 0 Å². The van der Waals surface area contributed by atoms with Crippen LogP contribution in [0.3, 0.4) is 0 Å². The summed E-state index contributed by atoms with van der Waals surface area (Å²) >= 11 is 6.11. The van der Waals surface area contributed by atoms with E-state index in [1.807, 2.05) is 0 Å². The van der Waals surface area contributed by atoms with E-state index < -0.39 is 9.33 Å². The van der Waals surface area contributed by atoms with E-state index in [9.17, 15) is 4.79 Å². The lowest BCUT2D eigenvalue weighted by Gasteiger charge is -2.33. The van der Waals surface area contributed by atoms with Crippen LogP contribution in [0.5, 0.6) is 0 Å². The summed E-state index contributed by atoms with van der Waals surface area (Å²) in [5.41, 5.74) is 0. The molecule has 0 aliphatic carbocycles. The molecular formula is C5H10Br2NO2+. The molecule has 0 spiro atoms. The molecule has 0 aliphatic rings. The van der Waals surface area contributed by atoms with E-state index in [4.69, 9.17) is 5.11 Å². The Kier molecular flexibility index (Phi) is 2.90. The zero-order valence-corrected chi connectivity index (χ0v) is 9.23. The maximum atomic E-state index is 10.6. The first-order valence-corrected chi connectivity index (χ1v) is 4.21. The van der Waals surface area contributed by atoms with Gasteiger partial charge < -0.3 is 5.11 Å². The highest BCUT2D eigenvalue weighted by atomic mass is 79.9. The molecule has 0 bridgehead atoms. The molecule has 0 amide bonds. The average molecular weight is 276 g/mol. The monoisotopic (exact) mass is 274 g/mol. The van der Waals surface area contributed by atoms with Crippen LogP contribution in [0.4, 0.5) is 0 Å². The molecule has 0 aromatic carbocycles. The largest absolute Gasteiger partial charge is 0.475 e. The van der Waals surface area contributed by atoms with Crippen LogP contribution in [0, 0.1) is 0 Å². The summed E-state index contributed by atoms with van der Waals surface area (Å²) in [6.07, 6.45) is 0. The highest BCUT2D eigenvalue weighted by molar-refractivity contribution is 9.25. The van der Waals surface area contributed by atoms with E-state index in [1.54, 1.807) is 21.1 Å². The number of quaternary nitrogens is 1. The van der Waals surface area contributed by atoms with Crippen molar-refractivity contribution in [2.45, 2.75) is 3.36 Å². The first-order valence-electron chi connectivity index (χ1n) is 2.62. The standard InChI is InChI=1S/C5H9Br2NO2/c1-8(2,3)5(6,7)4(9)10/h1-3H3/p+1. The van der Waals surface area contributed by atoms with E-state index in [2.05, 4.69) is 31.9 Å². The molecule has 5 heteroatoms. The van der Waals surface area contributed by atoms with Gasteiger partial charge in [0.1, 0.15) is 0 Å². The van der Waals surface area contributed by atoms with Crippen LogP contribution in [-0.2, 0) is 4.79 Å². The molecule has 0 saturated carbocycles. The molecule has 0 unspecified atom stereocenters. The minimum Gasteiger partial charge on any atom is -0.475 e. The van der Waals surface area contributed by atoms with Gasteiger partial charge in [0.25, 0.3) is 0 Å². The fraction of sp³-hybridized carbons (Fsp3) is 0.800. The van der Waals surface area contributed by atoms with Crippen LogP contribution in [0.15, 0.2) is 0 Å². The molecule has 0 radical (unpaired) electrons. The number of rotatable bonds is 2. The van der Waals surface area contributed by atoms with Gasteiger partial charge in [0.15, 0.2) is 0 Å². The van der Waals surface area contributed by atoms with Gasteiger partial charge in [-0.2, -0.15) is 0 Å². The highest BCUT2D eigenvalue weighted by Crippen LogP contribution is 2.33. The van der Waals surface area contributed by atoms with Crippen molar-refractivity contribution in [1.29, 1.82) is 0 Å². The van der Waals surface area contributed by atoms with Crippen molar-refractivity contribution < 1.29 is 14.4 Å². The van der Waals surface area contributed by atoms with Crippen molar-refractivity contribution in [2.24, 2.45) is 0 Å². The van der Waals surface area contributed by atoms with Crippen LogP contribution in [0.25, 0.3) is 0 Å². The van der Waals surface area contributed by atoms with Gasteiger partial charge in [-0.15, -0.1) is 0 Å². The van der Waals surface area contributed by atoms with Crippen LogP contribution in [-0.4, -0.2) is 40.1 Å². The summed E-state index contributed by atoms with van der Waals surface area (Å²) < 4.78 is -0.817. The van der Waals surface area contributed by atoms with Crippen molar-refractivity contribution in [3.63, 3.8) is 0 Å². The fourth-order valence-corrected chi connectivity index (χ4v) is 0.287. The number of carboxylic acids is 1. The Morgan fingerprint density at radius 2 is 1.70 bits per heavy atom. The first-order chi connectivity index (χ1) is 4.19. The first kappa shape index (κ1) is 10.4. The number of aliphatic carboxylic acids is 1. The summed E-state index contributed by atoms with van der Waals surface area (Å²) in [6.45, 7) is 0. The predicted molar refractivity (Wildman–Crippen MR) is 46.3 cm³/mol. The van der Waals surface area contributed by atoms with Crippen LogP contribution in [0.1, 0.15) is 0 Å². The molecule has 0 atom stereocenters. The number of hydrogen-bond acceptors (Lipinski definition) is 1. The highest BCUT2D eigenvalue weighted by Gasteiger charge is 2.45. The van der Waals surface area contributed by atoms with Crippen LogP contribution in [0.2, 0.25) is 0 Å². The fourth-order valence-electron chi connectivity index (χ4n) is 0.287. The van der Waals surface area contributed by atoms with Gasteiger partial charge in [-0.3, -0.25) is 4.48 Å². The Hall–Kier alpha value is 0.390. The van der Waals surface area contributed by atoms with Gasteiger partial charge in [-0.25, -0.2) is 4.79 Å². The van der Waals surface area contributed by atoms with Gasteiger partial charge in [0.05, 0.1) is 21.1 Å². The molecule has 0 aromatic rings. The summed E-state index contributed by atoms with van der Waals surface area (Å²) in [7, 11) is 5.33. The maximum absolute atomic E-state index is 10.6. The maximum Gasteiger partial charge on any atom is 0.389 e. The van der Waals surface area contributed by atoms with E-state index in [0.717, 1.165) is 0 Å². The number of likely N-dealkylation sites (N-methyl/N-ethyl adjacent to an activating group) is 1. The second-order valence-electron chi connectivity index (χ2n) is 2.86. The number of carboxylic acid groups (broad SMARTS) is 1. The molecular weight excluding hydrogens is 266 g/mol. The Morgan fingerprint density at radius 3 is 1.70 bits per heavy atom. The summed E-state index contributed by atoms with van der Waals surface area (Å²) in [4.78, 5) is 10.6. The quantitative estimate of drug-likeness (QED) is 0.468. The molecule has 0 saturated heterocycles. The molecule has 1 N–H and O–H groups in total. The molecule has 0 fully saturated rings. The van der Waals surface area contributed by atoms with Gasteiger partial charge in [-0.1, -0.05) is 0 Å². The number of halogens is 2. The third-order valence-corrected chi connectivity index (χ3v) is 3.91. The minimum atomic E-state index is -1.08. The lowest BCUT2D eigenvalue weighted by molar-refractivity contribution is -0.878. The van der Waals surface area contributed by atoms with Gasteiger partial charge in [0, 0.05) is 31.9 Å². The third-order valence-electron chi connectivity index (χ3n) is 1.10. The zero-order valence-electron chi connectivity index (χ0n) is 6.06. The molecule has 0 aliphatic heterocycles. The van der Waals surface area contributed by atoms with Crippen molar-refractivity contribution in [3.05, 3.63) is 0 Å². The lowest BCUT2D eigenvalue weighted by atomic mass is 10.5. The Morgan fingerprint density at radius 1 is 1.40 bits per heavy atom. The lowest BCUT2D eigenvalue weighted by Crippen LogP contribution is -2.53. The SMILES string of the molecule is C[N+](C)(C)C(Br)(Br)C(=O)O. The molecule has 60 valence electrons. The van der Waals surface area contributed by atoms with E-state index in [0.29, 0.717) is 0 Å². The molecule has 0 aromatic heterocycles. The van der Waals surface area contributed by atoms with Crippen molar-refractivity contribution in [2.75, 3.05) is 21.1 Å². The van der Waals surface area contributed by atoms with Crippen LogP contribution >= 0.6 is 31.9 Å². The third kappa shape index (κ3) is 1.93. The second-order valence-corrected chi connectivity index (χ2v) is 6.22. The second kappa shape index (κ2) is 2.79. The van der Waals surface area contributed by atoms with Crippen LogP contribution < -0.4 is 0 Å². The van der Waals surface area contributed by atoms with Crippen molar-refractivity contribution in [3.8, 4) is 0 Å². The van der Waals surface area contributed by atoms with Gasteiger partial charge in [0.2, 0.25) is 0 Å². The zero-order chi connectivity index (χ0) is 8.58. The topological polar surface area (TPSA) is 37.3 Å². The summed E-state index contributed by atoms with van der Waals surface area (Å²) in [6, 6.07) is 0. The van der Waals surface area contributed by atoms with Gasteiger partial charge >= 0.3 is 9.33 Å². The number of hydrogen-bond donors (Lipinski definition) is 1. The summed E-state index contributed by atoms with van der Waals surface area (Å²) in [5, 5.41) is 8.67.